The lowest BCUT2D eigenvalue weighted by atomic mass is 10.3. The molecule has 0 saturated heterocycles. The van der Waals surface area contributed by atoms with Crippen molar-refractivity contribution in [2.45, 2.75) is 0 Å². The minimum Gasteiger partial charge on any atom is -0.413 e. The Hall–Kier alpha value is -3.59. The van der Waals surface area contributed by atoms with Crippen LogP contribution >= 0.6 is 22.8 Å². The molecule has 4 aromatic rings. The van der Waals surface area contributed by atoms with Crippen LogP contribution in [0.3, 0.4) is 0 Å². The van der Waals surface area contributed by atoms with Crippen molar-refractivity contribution in [3.05, 3.63) is 120 Å². The molecule has 0 spiro atoms. The van der Waals surface area contributed by atoms with Gasteiger partial charge in [-0.05, 0) is 97.1 Å². The van der Waals surface area contributed by atoms with Crippen LogP contribution in [0.5, 0.6) is 23.0 Å². The van der Waals surface area contributed by atoms with Crippen molar-refractivity contribution >= 4 is 22.8 Å². The molecule has 0 fully saturated rings. The highest BCUT2D eigenvalue weighted by Crippen LogP contribution is 2.74. The van der Waals surface area contributed by atoms with E-state index in [1.54, 1.807) is 0 Å². The van der Waals surface area contributed by atoms with Gasteiger partial charge in [-0.3, -0.25) is 11.0 Å². The summed E-state index contributed by atoms with van der Waals surface area (Å²) in [5.41, 5.74) is 12.7. The standard InChI is InChI=1S/C24H20F4N5O4P3/c25-17-1-9-21(10-2-17)34-39(35-22-11-3-18(26)4-12-22)31-38(29,30)32-40(33-39,36-23-13-5-19(27)6-14-23)37-24-15-7-20(28)8-16-24/h1-16H,29-30H2. The van der Waals surface area contributed by atoms with Gasteiger partial charge in [0, 0.05) is 0 Å². The molecule has 1 heterocycles. The molecule has 0 aliphatic carbocycles. The van der Waals surface area contributed by atoms with Gasteiger partial charge in [-0.15, -0.1) is 9.03 Å². The normalized spacial score (nSPS) is 16.4. The molecule has 4 aromatic carbocycles. The molecule has 0 radical (unpaired) electrons. The van der Waals surface area contributed by atoms with E-state index in [0.29, 0.717) is 0 Å². The van der Waals surface area contributed by atoms with Gasteiger partial charge in [-0.1, -0.05) is 4.52 Å². The van der Waals surface area contributed by atoms with Gasteiger partial charge in [0.15, 0.2) is 0 Å². The average Bonchev–Trinajstić information content (AvgIpc) is 2.89. The largest absolute Gasteiger partial charge is 0.457 e. The second-order valence-electron chi connectivity index (χ2n) is 8.13. The molecule has 0 bridgehead atoms. The highest BCUT2D eigenvalue weighted by molar-refractivity contribution is 7.80. The Labute approximate surface area is 226 Å². The zero-order chi connectivity index (χ0) is 28.4. The van der Waals surface area contributed by atoms with E-state index in [0.717, 1.165) is 48.5 Å². The van der Waals surface area contributed by atoms with Crippen molar-refractivity contribution in [3.8, 4) is 23.0 Å². The molecular formula is C24H20F4N5O4P3. The molecule has 1 aliphatic rings. The highest BCUT2D eigenvalue weighted by atomic mass is 31.3. The molecule has 0 atom stereocenters. The zero-order valence-corrected chi connectivity index (χ0v) is 22.9. The maximum Gasteiger partial charge on any atom is 0.457 e. The number of halogens is 4. The summed E-state index contributed by atoms with van der Waals surface area (Å²) in [4.78, 5) is 0. The van der Waals surface area contributed by atoms with Crippen molar-refractivity contribution in [3.63, 3.8) is 0 Å². The Morgan fingerprint density at radius 1 is 0.400 bits per heavy atom. The van der Waals surface area contributed by atoms with Crippen LogP contribution in [0, 0.1) is 23.3 Å². The molecule has 208 valence electrons. The number of nitrogens with two attached hydrogens (primary N) is 2. The first-order valence-electron chi connectivity index (χ1n) is 11.3. The van der Waals surface area contributed by atoms with E-state index < -0.39 is 46.1 Å². The molecule has 0 amide bonds. The van der Waals surface area contributed by atoms with Gasteiger partial charge in [0.1, 0.15) is 46.3 Å². The third-order valence-corrected chi connectivity index (χ3v) is 12.6. The summed E-state index contributed by atoms with van der Waals surface area (Å²) in [6.45, 7) is 0. The summed E-state index contributed by atoms with van der Waals surface area (Å²) < 4.78 is 92.2. The van der Waals surface area contributed by atoms with Gasteiger partial charge in [0.25, 0.3) is 0 Å². The van der Waals surface area contributed by atoms with Crippen molar-refractivity contribution < 1.29 is 35.7 Å². The number of hydrogen-bond acceptors (Lipinski definition) is 9. The summed E-state index contributed by atoms with van der Waals surface area (Å²) >= 11 is 0. The van der Waals surface area contributed by atoms with E-state index in [4.69, 9.17) is 29.1 Å². The Kier molecular flexibility index (Phi) is 7.77. The van der Waals surface area contributed by atoms with Crippen LogP contribution in [0.15, 0.2) is 111 Å². The van der Waals surface area contributed by atoms with Crippen LogP contribution in [-0.2, 0) is 0 Å². The lowest BCUT2D eigenvalue weighted by Crippen LogP contribution is -2.12. The maximum atomic E-state index is 13.6. The summed E-state index contributed by atoms with van der Waals surface area (Å²) in [7, 11) is -11.8. The first-order chi connectivity index (χ1) is 19.0. The van der Waals surface area contributed by atoms with Crippen LogP contribution in [0.1, 0.15) is 0 Å². The first kappa shape index (κ1) is 28.0. The molecule has 0 aromatic heterocycles. The molecule has 0 saturated carbocycles. The third kappa shape index (κ3) is 6.94. The number of rotatable bonds is 8. The maximum absolute atomic E-state index is 13.6. The molecule has 9 nitrogen and oxygen atoms in total. The minimum atomic E-state index is -4.04. The fourth-order valence-corrected chi connectivity index (χ4v) is 11.5. The van der Waals surface area contributed by atoms with Crippen molar-refractivity contribution in [1.82, 2.24) is 0 Å². The molecule has 40 heavy (non-hydrogen) atoms. The van der Waals surface area contributed by atoms with Crippen molar-refractivity contribution in [2.24, 2.45) is 24.6 Å². The van der Waals surface area contributed by atoms with Gasteiger partial charge in [-0.25, -0.2) is 17.6 Å². The zero-order valence-electron chi connectivity index (χ0n) is 20.2. The second kappa shape index (κ2) is 11.1. The first-order valence-corrected chi connectivity index (χ1v) is 16.2. The minimum absolute atomic E-state index is 0.0768. The van der Waals surface area contributed by atoms with E-state index in [2.05, 4.69) is 13.5 Å². The summed E-state index contributed by atoms with van der Waals surface area (Å²) in [6, 6.07) is 19.5. The lowest BCUT2D eigenvalue weighted by molar-refractivity contribution is 0.458. The molecular weight excluding hydrogens is 591 g/mol. The Morgan fingerprint density at radius 2 is 0.650 bits per heavy atom. The van der Waals surface area contributed by atoms with E-state index in [1.165, 1.54) is 48.5 Å². The topological polar surface area (TPSA) is 126 Å². The van der Waals surface area contributed by atoms with Crippen LogP contribution < -0.4 is 29.1 Å². The predicted molar refractivity (Wildman–Crippen MR) is 145 cm³/mol. The lowest BCUT2D eigenvalue weighted by Gasteiger charge is -2.31. The Bertz CT molecular complexity index is 1480. The van der Waals surface area contributed by atoms with Gasteiger partial charge in [-0.2, -0.15) is 0 Å². The van der Waals surface area contributed by atoms with Crippen molar-refractivity contribution in [2.75, 3.05) is 0 Å². The molecule has 4 N–H and O–H groups in total. The number of nitrogens with zero attached hydrogens (tertiary/aromatic N) is 3. The SMILES string of the molecule is NP1(N)=NP(Oc2ccc(F)cc2)(Oc2ccc(F)cc2)=NP(Oc2ccc(F)cc2)(Oc2ccc(F)cc2)=N1. The number of benzene rings is 4. The number of hydrogen-bond donors (Lipinski definition) is 2. The molecule has 5 rings (SSSR count). The van der Waals surface area contributed by atoms with Crippen LogP contribution in [0.2, 0.25) is 0 Å². The Balaban J connectivity index is 1.72. The van der Waals surface area contributed by atoms with E-state index in [9.17, 15) is 17.6 Å². The quantitative estimate of drug-likeness (QED) is 0.152. The monoisotopic (exact) mass is 611 g/mol. The smallest absolute Gasteiger partial charge is 0.413 e. The highest BCUT2D eigenvalue weighted by Gasteiger charge is 2.43. The summed E-state index contributed by atoms with van der Waals surface area (Å²) in [5, 5.41) is 0. The van der Waals surface area contributed by atoms with E-state index in [-0.39, 0.29) is 23.0 Å². The summed E-state index contributed by atoms with van der Waals surface area (Å²) in [6.07, 6.45) is 0. The molecule has 16 heteroatoms. The fourth-order valence-electron chi connectivity index (χ4n) is 3.27. The van der Waals surface area contributed by atoms with Gasteiger partial charge in [0.05, 0.1) is 0 Å². The van der Waals surface area contributed by atoms with Crippen LogP contribution in [-0.4, -0.2) is 0 Å². The van der Waals surface area contributed by atoms with E-state index in [1.807, 2.05) is 0 Å². The van der Waals surface area contributed by atoms with Crippen LogP contribution in [0.25, 0.3) is 0 Å². The van der Waals surface area contributed by atoms with Gasteiger partial charge in [0.2, 0.25) is 7.51 Å². The molecule has 0 unspecified atom stereocenters. The third-order valence-electron chi connectivity index (χ3n) is 4.89. The van der Waals surface area contributed by atoms with Crippen molar-refractivity contribution in [1.29, 1.82) is 0 Å². The fraction of sp³-hybridized carbons (Fsp3) is 0. The van der Waals surface area contributed by atoms with Crippen LogP contribution in [0.4, 0.5) is 17.6 Å². The average molecular weight is 611 g/mol. The van der Waals surface area contributed by atoms with Gasteiger partial charge >= 0.3 is 15.3 Å². The van der Waals surface area contributed by atoms with E-state index >= 15 is 0 Å². The van der Waals surface area contributed by atoms with Gasteiger partial charge < -0.3 is 18.1 Å². The Morgan fingerprint density at radius 3 is 0.925 bits per heavy atom. The molecule has 1 aliphatic heterocycles. The second-order valence-corrected chi connectivity index (χ2v) is 14.4. The predicted octanol–water partition coefficient (Wildman–Crippen LogP) is 8.63. The summed E-state index contributed by atoms with van der Waals surface area (Å²) in [5.74, 6) is -1.83.